The van der Waals surface area contributed by atoms with Crippen LogP contribution in [-0.2, 0) is 16.1 Å². The summed E-state index contributed by atoms with van der Waals surface area (Å²) in [6, 6.07) is 5.32. The van der Waals surface area contributed by atoms with Crippen molar-refractivity contribution in [3.8, 4) is 0 Å². The number of methoxy groups -OCH3 is 1. The molecule has 0 bridgehead atoms. The van der Waals surface area contributed by atoms with Gasteiger partial charge in [-0.1, -0.05) is 25.5 Å². The lowest BCUT2D eigenvalue weighted by Crippen LogP contribution is -2.10. The smallest absolute Gasteiger partial charge is 0.340 e. The Bertz CT molecular complexity index is 377. The van der Waals surface area contributed by atoms with E-state index in [0.717, 1.165) is 18.4 Å². The van der Waals surface area contributed by atoms with Crippen molar-refractivity contribution in [1.82, 2.24) is 0 Å². The van der Waals surface area contributed by atoms with Crippen molar-refractivity contribution in [2.75, 3.05) is 19.5 Å². The van der Waals surface area contributed by atoms with E-state index >= 15 is 0 Å². The Morgan fingerprint density at radius 3 is 2.82 bits per heavy atom. The van der Waals surface area contributed by atoms with Crippen LogP contribution in [0.1, 0.15) is 35.7 Å². The van der Waals surface area contributed by atoms with Gasteiger partial charge in [0.2, 0.25) is 0 Å². The predicted octanol–water partition coefficient (Wildman–Crippen LogP) is 2.37. The second-order valence-corrected chi connectivity index (χ2v) is 3.78. The van der Waals surface area contributed by atoms with Gasteiger partial charge in [-0.2, -0.15) is 0 Å². The molecule has 0 atom stereocenters. The van der Waals surface area contributed by atoms with Crippen molar-refractivity contribution in [2.24, 2.45) is 0 Å². The quantitative estimate of drug-likeness (QED) is 0.469. The third-order valence-electron chi connectivity index (χ3n) is 2.47. The molecule has 0 aliphatic rings. The van der Waals surface area contributed by atoms with E-state index in [4.69, 9.17) is 15.2 Å². The van der Waals surface area contributed by atoms with Crippen molar-refractivity contribution < 1.29 is 14.3 Å². The molecule has 0 radical (unpaired) electrons. The number of carbonyl (C=O) groups is 1. The number of benzene rings is 1. The molecule has 4 nitrogen and oxygen atoms in total. The van der Waals surface area contributed by atoms with Crippen molar-refractivity contribution in [3.05, 3.63) is 29.3 Å². The molecule has 0 fully saturated rings. The molecular formula is C13H19NO3. The Morgan fingerprint density at radius 2 is 2.18 bits per heavy atom. The van der Waals surface area contributed by atoms with E-state index in [-0.39, 0.29) is 0 Å². The fraction of sp³-hybridized carbons (Fsp3) is 0.462. The topological polar surface area (TPSA) is 61.5 Å². The molecular weight excluding hydrogens is 218 g/mol. The first-order valence-corrected chi connectivity index (χ1v) is 5.74. The predicted molar refractivity (Wildman–Crippen MR) is 66.8 cm³/mol. The monoisotopic (exact) mass is 237 g/mol. The van der Waals surface area contributed by atoms with E-state index in [0.29, 0.717) is 24.5 Å². The third kappa shape index (κ3) is 3.75. The van der Waals surface area contributed by atoms with Gasteiger partial charge < -0.3 is 15.2 Å². The highest BCUT2D eigenvalue weighted by molar-refractivity contribution is 5.96. The minimum Gasteiger partial charge on any atom is -0.465 e. The van der Waals surface area contributed by atoms with Crippen LogP contribution in [0.3, 0.4) is 0 Å². The average Bonchev–Trinajstić information content (AvgIpc) is 2.34. The van der Waals surface area contributed by atoms with Gasteiger partial charge in [0.25, 0.3) is 0 Å². The van der Waals surface area contributed by atoms with Crippen LogP contribution in [0, 0.1) is 0 Å². The van der Waals surface area contributed by atoms with E-state index < -0.39 is 5.97 Å². The summed E-state index contributed by atoms with van der Waals surface area (Å²) in [4.78, 5) is 11.6. The Hall–Kier alpha value is -1.55. The number of anilines is 1. The zero-order valence-corrected chi connectivity index (χ0v) is 10.4. The van der Waals surface area contributed by atoms with Gasteiger partial charge in [-0.3, -0.25) is 0 Å². The molecule has 0 spiro atoms. The molecule has 1 aromatic carbocycles. The molecule has 0 saturated carbocycles. The third-order valence-corrected chi connectivity index (χ3v) is 2.47. The summed E-state index contributed by atoms with van der Waals surface area (Å²) in [6.07, 6.45) is 2.09. The van der Waals surface area contributed by atoms with Crippen LogP contribution in [0.4, 0.5) is 5.69 Å². The lowest BCUT2D eigenvalue weighted by atomic mass is 10.1. The Balaban J connectivity index is 2.76. The van der Waals surface area contributed by atoms with Gasteiger partial charge >= 0.3 is 5.97 Å². The zero-order valence-electron chi connectivity index (χ0n) is 10.4. The van der Waals surface area contributed by atoms with Gasteiger partial charge in [-0.05, 0) is 18.1 Å². The lowest BCUT2D eigenvalue weighted by Gasteiger charge is -2.10. The molecule has 1 rings (SSSR count). The Labute approximate surface area is 102 Å². The summed E-state index contributed by atoms with van der Waals surface area (Å²) in [7, 11) is 1.34. The van der Waals surface area contributed by atoms with Crippen molar-refractivity contribution in [3.63, 3.8) is 0 Å². The summed E-state index contributed by atoms with van der Waals surface area (Å²) >= 11 is 0. The second-order valence-electron chi connectivity index (χ2n) is 3.78. The summed E-state index contributed by atoms with van der Waals surface area (Å²) in [5.41, 5.74) is 7.38. The van der Waals surface area contributed by atoms with Crippen LogP contribution in [0.2, 0.25) is 0 Å². The molecule has 0 heterocycles. The van der Waals surface area contributed by atoms with Gasteiger partial charge in [0.05, 0.1) is 19.3 Å². The number of hydrogen-bond donors (Lipinski definition) is 1. The van der Waals surface area contributed by atoms with Crippen LogP contribution < -0.4 is 5.73 Å². The number of rotatable bonds is 6. The summed E-state index contributed by atoms with van der Waals surface area (Å²) < 4.78 is 10.2. The van der Waals surface area contributed by atoms with Crippen molar-refractivity contribution in [1.29, 1.82) is 0 Å². The maximum atomic E-state index is 11.6. The molecule has 0 aromatic heterocycles. The first-order valence-electron chi connectivity index (χ1n) is 5.74. The number of nitrogens with two attached hydrogens (primary N) is 1. The van der Waals surface area contributed by atoms with Gasteiger partial charge in [0.1, 0.15) is 0 Å². The molecule has 1 aromatic rings. The number of nitrogen functional groups attached to an aromatic ring is 1. The van der Waals surface area contributed by atoms with Crippen LogP contribution >= 0.6 is 0 Å². The maximum absolute atomic E-state index is 11.6. The van der Waals surface area contributed by atoms with Crippen molar-refractivity contribution >= 4 is 11.7 Å². The number of carbonyl (C=O) groups excluding carboxylic acids is 1. The molecule has 17 heavy (non-hydrogen) atoms. The molecule has 0 saturated heterocycles. The SMILES string of the molecule is CCCCOCc1cccc(N)c1C(=O)OC. The van der Waals surface area contributed by atoms with E-state index in [2.05, 4.69) is 6.92 Å². The zero-order chi connectivity index (χ0) is 12.7. The number of hydrogen-bond acceptors (Lipinski definition) is 4. The van der Waals surface area contributed by atoms with E-state index in [1.54, 1.807) is 12.1 Å². The molecule has 0 aliphatic carbocycles. The molecule has 2 N–H and O–H groups in total. The lowest BCUT2D eigenvalue weighted by molar-refractivity contribution is 0.0593. The largest absolute Gasteiger partial charge is 0.465 e. The highest BCUT2D eigenvalue weighted by Gasteiger charge is 2.14. The van der Waals surface area contributed by atoms with Crippen molar-refractivity contribution in [2.45, 2.75) is 26.4 Å². The van der Waals surface area contributed by atoms with Gasteiger partial charge in [-0.15, -0.1) is 0 Å². The van der Waals surface area contributed by atoms with E-state index in [1.165, 1.54) is 7.11 Å². The fourth-order valence-electron chi connectivity index (χ4n) is 1.52. The van der Waals surface area contributed by atoms with Crippen LogP contribution in [0.25, 0.3) is 0 Å². The molecule has 0 unspecified atom stereocenters. The first-order chi connectivity index (χ1) is 8.20. The van der Waals surface area contributed by atoms with Crippen LogP contribution in [-0.4, -0.2) is 19.7 Å². The molecule has 0 amide bonds. The second kappa shape index (κ2) is 6.91. The number of ether oxygens (including phenoxy) is 2. The minimum atomic E-state index is -0.419. The Kier molecular flexibility index (Phi) is 5.49. The average molecular weight is 237 g/mol. The van der Waals surface area contributed by atoms with Crippen LogP contribution in [0.5, 0.6) is 0 Å². The molecule has 94 valence electrons. The molecule has 4 heteroatoms. The summed E-state index contributed by atoms with van der Waals surface area (Å²) in [6.45, 7) is 3.17. The Morgan fingerprint density at radius 1 is 1.41 bits per heavy atom. The fourth-order valence-corrected chi connectivity index (χ4v) is 1.52. The van der Waals surface area contributed by atoms with Gasteiger partial charge in [0, 0.05) is 12.3 Å². The van der Waals surface area contributed by atoms with E-state index in [9.17, 15) is 4.79 Å². The number of esters is 1. The highest BCUT2D eigenvalue weighted by atomic mass is 16.5. The highest BCUT2D eigenvalue weighted by Crippen LogP contribution is 2.19. The van der Waals surface area contributed by atoms with E-state index in [1.807, 2.05) is 6.07 Å². The number of unbranched alkanes of at least 4 members (excludes halogenated alkanes) is 1. The summed E-state index contributed by atoms with van der Waals surface area (Å²) in [5, 5.41) is 0. The minimum absolute atomic E-state index is 0.384. The van der Waals surface area contributed by atoms with Gasteiger partial charge in [-0.25, -0.2) is 4.79 Å². The van der Waals surface area contributed by atoms with Crippen LogP contribution in [0.15, 0.2) is 18.2 Å². The van der Waals surface area contributed by atoms with Gasteiger partial charge in [0.15, 0.2) is 0 Å². The first kappa shape index (κ1) is 13.5. The standard InChI is InChI=1S/C13H19NO3/c1-3-4-8-17-9-10-6-5-7-11(14)12(10)13(15)16-2/h5-7H,3-4,8-9,14H2,1-2H3. The summed E-state index contributed by atoms with van der Waals surface area (Å²) in [5.74, 6) is -0.419. The maximum Gasteiger partial charge on any atom is 0.340 e. The molecule has 0 aliphatic heterocycles. The normalized spacial score (nSPS) is 10.2.